The van der Waals surface area contributed by atoms with E-state index in [1.165, 1.54) is 0 Å². The molecule has 0 spiro atoms. The summed E-state index contributed by atoms with van der Waals surface area (Å²) >= 11 is 0. The van der Waals surface area contributed by atoms with Gasteiger partial charge in [0.2, 0.25) is 5.88 Å². The molecule has 214 valence electrons. The van der Waals surface area contributed by atoms with Gasteiger partial charge in [-0.3, -0.25) is 0 Å². The minimum atomic E-state index is -0.594. The Balaban J connectivity index is 1.54. The fourth-order valence-electron chi connectivity index (χ4n) is 4.31. The Hall–Kier alpha value is -4.84. The number of carbonyl (C=O) groups is 1. The van der Waals surface area contributed by atoms with Crippen molar-refractivity contribution in [3.8, 4) is 40.6 Å². The molecular weight excluding hydrogens is 524 g/mol. The van der Waals surface area contributed by atoms with E-state index in [9.17, 15) is 10.1 Å². The van der Waals surface area contributed by atoms with Crippen LogP contribution in [0.15, 0.2) is 72.1 Å². The van der Waals surface area contributed by atoms with Crippen molar-refractivity contribution in [2.75, 3.05) is 26.9 Å². The van der Waals surface area contributed by atoms with Crippen LogP contribution < -0.4 is 34.2 Å². The van der Waals surface area contributed by atoms with Crippen LogP contribution in [0, 0.1) is 17.2 Å². The van der Waals surface area contributed by atoms with Crippen molar-refractivity contribution in [2.24, 2.45) is 11.7 Å². The molecule has 1 unspecified atom stereocenters. The number of fused-ring (bicyclic) bond motifs is 1. The number of esters is 1. The first-order chi connectivity index (χ1) is 19.8. The number of benzene rings is 3. The molecule has 0 saturated carbocycles. The van der Waals surface area contributed by atoms with Crippen LogP contribution in [-0.4, -0.2) is 32.9 Å². The zero-order valence-corrected chi connectivity index (χ0v) is 23.6. The predicted octanol–water partition coefficient (Wildman–Crippen LogP) is 5.72. The third kappa shape index (κ3) is 7.22. The summed E-state index contributed by atoms with van der Waals surface area (Å²) in [5.41, 5.74) is 7.93. The van der Waals surface area contributed by atoms with Gasteiger partial charge in [0, 0.05) is 11.6 Å². The second-order valence-corrected chi connectivity index (χ2v) is 9.73. The molecular formula is C32H34N2O7. The molecule has 0 bridgehead atoms. The normalized spacial score (nSPS) is 14.0. The summed E-state index contributed by atoms with van der Waals surface area (Å²) in [5.74, 6) is 2.42. The SMILES string of the molecule is CCOc1cc(C2C(C#N)=C(N)Oc3cc(OC(=O)COc4ccc(OC)cc4)ccc32)ccc1OCCC(C)C. The Bertz CT molecular complexity index is 1440. The Morgan fingerprint density at radius 2 is 1.71 bits per heavy atom. The first kappa shape index (κ1) is 29.2. The lowest BCUT2D eigenvalue weighted by Gasteiger charge is -2.27. The van der Waals surface area contributed by atoms with Gasteiger partial charge < -0.3 is 34.2 Å². The molecule has 0 saturated heterocycles. The highest BCUT2D eigenvalue weighted by Gasteiger charge is 2.32. The molecule has 0 aromatic heterocycles. The Morgan fingerprint density at radius 3 is 2.39 bits per heavy atom. The zero-order chi connectivity index (χ0) is 29.4. The molecule has 0 radical (unpaired) electrons. The summed E-state index contributed by atoms with van der Waals surface area (Å²) in [6.45, 7) is 6.91. The number of hydrogen-bond donors (Lipinski definition) is 1. The zero-order valence-electron chi connectivity index (χ0n) is 23.6. The average Bonchev–Trinajstić information content (AvgIpc) is 2.96. The third-order valence-electron chi connectivity index (χ3n) is 6.39. The lowest BCUT2D eigenvalue weighted by atomic mass is 9.83. The molecule has 4 rings (SSSR count). The van der Waals surface area contributed by atoms with Gasteiger partial charge in [-0.1, -0.05) is 26.0 Å². The number of nitrogens with zero attached hydrogens (tertiary/aromatic N) is 1. The number of methoxy groups -OCH3 is 1. The van der Waals surface area contributed by atoms with Crippen molar-refractivity contribution in [3.05, 3.63) is 83.2 Å². The maximum absolute atomic E-state index is 12.5. The fourth-order valence-corrected chi connectivity index (χ4v) is 4.31. The van der Waals surface area contributed by atoms with Crippen LogP contribution in [0.2, 0.25) is 0 Å². The van der Waals surface area contributed by atoms with Crippen LogP contribution in [-0.2, 0) is 4.79 Å². The number of allylic oxidation sites excluding steroid dienone is 1. The number of rotatable bonds is 12. The minimum Gasteiger partial charge on any atom is -0.497 e. The first-order valence-electron chi connectivity index (χ1n) is 13.4. The van der Waals surface area contributed by atoms with E-state index < -0.39 is 11.9 Å². The van der Waals surface area contributed by atoms with Gasteiger partial charge in [0.05, 0.1) is 26.2 Å². The number of nitrogens with two attached hydrogens (primary N) is 1. The van der Waals surface area contributed by atoms with Crippen molar-refractivity contribution in [2.45, 2.75) is 33.1 Å². The summed E-state index contributed by atoms with van der Waals surface area (Å²) in [6, 6.07) is 19.6. The maximum Gasteiger partial charge on any atom is 0.349 e. The van der Waals surface area contributed by atoms with Crippen LogP contribution >= 0.6 is 0 Å². The Morgan fingerprint density at radius 1 is 0.976 bits per heavy atom. The summed E-state index contributed by atoms with van der Waals surface area (Å²) in [6.07, 6.45) is 0.916. The van der Waals surface area contributed by atoms with Gasteiger partial charge in [0.15, 0.2) is 18.1 Å². The van der Waals surface area contributed by atoms with Crippen LogP contribution in [0.25, 0.3) is 0 Å². The number of hydrogen-bond acceptors (Lipinski definition) is 9. The highest BCUT2D eigenvalue weighted by atomic mass is 16.6. The standard InChI is InChI=1S/C32H34N2O7/c1-5-37-29-16-21(6-13-27(29)38-15-14-20(2)3)31-25-12-11-24(17-28(25)41-32(34)26(31)18-33)40-30(35)19-39-23-9-7-22(36-4)8-10-23/h6-13,16-17,20,31H,5,14-15,19,34H2,1-4H3. The molecule has 9 heteroatoms. The molecule has 0 aliphatic carbocycles. The largest absolute Gasteiger partial charge is 0.497 e. The monoisotopic (exact) mass is 558 g/mol. The molecule has 3 aromatic carbocycles. The van der Waals surface area contributed by atoms with E-state index in [1.807, 2.05) is 25.1 Å². The molecule has 1 heterocycles. The van der Waals surface area contributed by atoms with E-state index in [-0.39, 0.29) is 23.8 Å². The van der Waals surface area contributed by atoms with Crippen LogP contribution in [0.3, 0.4) is 0 Å². The summed E-state index contributed by atoms with van der Waals surface area (Å²) < 4.78 is 33.7. The van der Waals surface area contributed by atoms with Crippen LogP contribution in [0.1, 0.15) is 44.2 Å². The molecule has 41 heavy (non-hydrogen) atoms. The van der Waals surface area contributed by atoms with Crippen molar-refractivity contribution >= 4 is 5.97 Å². The predicted molar refractivity (Wildman–Crippen MR) is 152 cm³/mol. The maximum atomic E-state index is 12.5. The van der Waals surface area contributed by atoms with Crippen LogP contribution in [0.4, 0.5) is 0 Å². The van der Waals surface area contributed by atoms with E-state index in [4.69, 9.17) is 34.2 Å². The smallest absolute Gasteiger partial charge is 0.349 e. The lowest BCUT2D eigenvalue weighted by Crippen LogP contribution is -2.22. The molecule has 1 atom stereocenters. The van der Waals surface area contributed by atoms with E-state index in [0.717, 1.165) is 12.0 Å². The minimum absolute atomic E-state index is 0.0217. The number of nitriles is 1. The van der Waals surface area contributed by atoms with E-state index >= 15 is 0 Å². The second kappa shape index (κ2) is 13.5. The Labute approximate surface area is 240 Å². The second-order valence-electron chi connectivity index (χ2n) is 9.73. The molecule has 0 fully saturated rings. The molecule has 1 aliphatic heterocycles. The van der Waals surface area contributed by atoms with E-state index in [1.54, 1.807) is 49.6 Å². The van der Waals surface area contributed by atoms with Gasteiger partial charge in [0.25, 0.3) is 0 Å². The molecule has 2 N–H and O–H groups in total. The van der Waals surface area contributed by atoms with Gasteiger partial charge in [-0.05, 0) is 67.3 Å². The van der Waals surface area contributed by atoms with Gasteiger partial charge >= 0.3 is 5.97 Å². The van der Waals surface area contributed by atoms with Gasteiger partial charge in [-0.15, -0.1) is 0 Å². The van der Waals surface area contributed by atoms with Crippen molar-refractivity contribution in [3.63, 3.8) is 0 Å². The quantitative estimate of drug-likeness (QED) is 0.220. The molecule has 3 aromatic rings. The van der Waals surface area contributed by atoms with Crippen molar-refractivity contribution < 1.29 is 33.2 Å². The van der Waals surface area contributed by atoms with Gasteiger partial charge in [0.1, 0.15) is 34.6 Å². The summed E-state index contributed by atoms with van der Waals surface area (Å²) in [4.78, 5) is 12.5. The lowest BCUT2D eigenvalue weighted by molar-refractivity contribution is -0.136. The van der Waals surface area contributed by atoms with Gasteiger partial charge in [-0.2, -0.15) is 5.26 Å². The molecule has 1 aliphatic rings. The fraction of sp³-hybridized carbons (Fsp3) is 0.312. The van der Waals surface area contributed by atoms with Crippen molar-refractivity contribution in [1.29, 1.82) is 5.26 Å². The highest BCUT2D eigenvalue weighted by Crippen LogP contribution is 2.45. The van der Waals surface area contributed by atoms with Crippen molar-refractivity contribution in [1.82, 2.24) is 0 Å². The first-order valence-corrected chi connectivity index (χ1v) is 13.4. The summed E-state index contributed by atoms with van der Waals surface area (Å²) in [7, 11) is 1.57. The number of ether oxygens (including phenoxy) is 6. The molecule has 0 amide bonds. The topological polar surface area (TPSA) is 122 Å². The highest BCUT2D eigenvalue weighted by molar-refractivity contribution is 5.74. The van der Waals surface area contributed by atoms with E-state index in [0.29, 0.717) is 53.4 Å². The molecule has 9 nitrogen and oxygen atoms in total. The summed E-state index contributed by atoms with van der Waals surface area (Å²) in [5, 5.41) is 9.96. The third-order valence-corrected chi connectivity index (χ3v) is 6.39. The van der Waals surface area contributed by atoms with Crippen LogP contribution in [0.5, 0.6) is 34.5 Å². The number of carbonyl (C=O) groups excluding carboxylic acids is 1. The van der Waals surface area contributed by atoms with Gasteiger partial charge in [-0.25, -0.2) is 4.79 Å². The Kier molecular flexibility index (Phi) is 9.59. The average molecular weight is 559 g/mol. The van der Waals surface area contributed by atoms with E-state index in [2.05, 4.69) is 19.9 Å².